The lowest BCUT2D eigenvalue weighted by Gasteiger charge is -2.35. The zero-order valence-corrected chi connectivity index (χ0v) is 25.9. The van der Waals surface area contributed by atoms with Crippen LogP contribution in [0.5, 0.6) is 0 Å². The SMILES string of the molecule is C[C@@H]1NC(=O)[C@H](C[C@@H]2CCCNC2)OC(=O)C(C)(C)/C=C/c2ccc3ccc(nc3c2)N(C)NC(=O)[C@@H]2CCCN(N2)C1=O. The maximum Gasteiger partial charge on any atom is 0.316 e. The van der Waals surface area contributed by atoms with Crippen molar-refractivity contribution in [2.24, 2.45) is 11.3 Å². The van der Waals surface area contributed by atoms with E-state index in [9.17, 15) is 19.2 Å². The maximum absolute atomic E-state index is 13.6. The number of pyridine rings is 1. The Morgan fingerprint density at radius 3 is 2.61 bits per heavy atom. The second kappa shape index (κ2) is 13.3. The summed E-state index contributed by atoms with van der Waals surface area (Å²) in [6.07, 6.45) is 5.92. The molecule has 236 valence electrons. The monoisotopic (exact) mass is 605 g/mol. The largest absolute Gasteiger partial charge is 0.452 e. The van der Waals surface area contributed by atoms with Gasteiger partial charge >= 0.3 is 5.97 Å². The molecule has 0 radical (unpaired) electrons. The van der Waals surface area contributed by atoms with Crippen molar-refractivity contribution in [1.29, 1.82) is 0 Å². The molecule has 4 heterocycles. The Morgan fingerprint density at radius 2 is 1.84 bits per heavy atom. The van der Waals surface area contributed by atoms with Crippen LogP contribution in [-0.4, -0.2) is 78.6 Å². The fraction of sp³-hybridized carbons (Fsp3) is 0.531. The van der Waals surface area contributed by atoms with Gasteiger partial charge in [0.2, 0.25) is 0 Å². The summed E-state index contributed by atoms with van der Waals surface area (Å²) in [6, 6.07) is 7.98. The topological polar surface area (TPSA) is 145 Å². The first-order valence-electron chi connectivity index (χ1n) is 15.4. The average molecular weight is 606 g/mol. The van der Waals surface area contributed by atoms with E-state index in [1.807, 2.05) is 36.4 Å². The zero-order chi connectivity index (χ0) is 31.4. The highest BCUT2D eigenvalue weighted by Gasteiger charge is 2.36. The van der Waals surface area contributed by atoms with Crippen LogP contribution in [0.2, 0.25) is 0 Å². The number of rotatable bonds is 2. The van der Waals surface area contributed by atoms with Crippen LogP contribution in [-0.2, 0) is 23.9 Å². The molecule has 1 aromatic carbocycles. The van der Waals surface area contributed by atoms with Crippen LogP contribution in [0.25, 0.3) is 17.0 Å². The molecule has 0 unspecified atom stereocenters. The van der Waals surface area contributed by atoms with Crippen LogP contribution in [0.3, 0.4) is 0 Å². The van der Waals surface area contributed by atoms with Gasteiger partial charge in [0.15, 0.2) is 6.10 Å². The van der Waals surface area contributed by atoms with Gasteiger partial charge in [0, 0.05) is 19.0 Å². The first-order chi connectivity index (χ1) is 21.0. The Morgan fingerprint density at radius 1 is 1.05 bits per heavy atom. The lowest BCUT2D eigenvalue weighted by Crippen LogP contribution is -2.62. The van der Waals surface area contributed by atoms with E-state index in [2.05, 4.69) is 21.5 Å². The fourth-order valence-corrected chi connectivity index (χ4v) is 5.74. The molecule has 3 aliphatic rings. The molecule has 12 nitrogen and oxygen atoms in total. The maximum atomic E-state index is 13.6. The fourth-order valence-electron chi connectivity index (χ4n) is 5.74. The van der Waals surface area contributed by atoms with Crippen molar-refractivity contribution >= 4 is 46.5 Å². The van der Waals surface area contributed by atoms with E-state index in [0.717, 1.165) is 42.4 Å². The van der Waals surface area contributed by atoms with E-state index in [1.165, 1.54) is 5.01 Å². The number of anilines is 1. The van der Waals surface area contributed by atoms with Gasteiger partial charge in [-0.15, -0.1) is 0 Å². The van der Waals surface area contributed by atoms with Crippen molar-refractivity contribution in [2.45, 2.75) is 71.1 Å². The number of esters is 1. The molecule has 0 spiro atoms. The van der Waals surface area contributed by atoms with E-state index in [0.29, 0.717) is 31.6 Å². The molecular weight excluding hydrogens is 562 g/mol. The first-order valence-corrected chi connectivity index (χ1v) is 15.4. The lowest BCUT2D eigenvalue weighted by molar-refractivity contribution is -0.163. The van der Waals surface area contributed by atoms with E-state index in [1.54, 1.807) is 38.9 Å². The number of piperidine rings is 1. The number of ether oxygens (including phenoxy) is 1. The predicted molar refractivity (Wildman–Crippen MR) is 167 cm³/mol. The molecule has 0 aliphatic carbocycles. The van der Waals surface area contributed by atoms with Gasteiger partial charge in [-0.3, -0.25) is 34.6 Å². The summed E-state index contributed by atoms with van der Waals surface area (Å²) in [5.74, 6) is -1.03. The number of nitrogens with zero attached hydrogens (tertiary/aromatic N) is 3. The zero-order valence-electron chi connectivity index (χ0n) is 25.9. The van der Waals surface area contributed by atoms with Crippen molar-refractivity contribution < 1.29 is 23.9 Å². The average Bonchev–Trinajstić information content (AvgIpc) is 3.02. The Bertz CT molecular complexity index is 1440. The quantitative estimate of drug-likeness (QED) is 0.378. The smallest absolute Gasteiger partial charge is 0.316 e. The summed E-state index contributed by atoms with van der Waals surface area (Å²) in [5, 5.41) is 9.98. The lowest BCUT2D eigenvalue weighted by atomic mass is 9.91. The number of hydrazine groups is 2. The standard InChI is InChI=1S/C32H43N7O5/c1-20-30(42)39-16-6-8-24(36-39)28(40)37-38(4)27-12-11-23-10-9-21(17-25(23)35-27)13-14-32(2,3)31(43)44-26(29(41)34-20)18-22-7-5-15-33-19-22/h9-14,17,20,22,24,26,33,36H,5-8,15-16,18-19H2,1-4H3,(H,34,41)(H,37,40)/b14-13+/t20-,22-,24-,26-/m0/s1. The Hall–Kier alpha value is -4.03. The molecule has 5 bridgehead atoms. The highest BCUT2D eigenvalue weighted by molar-refractivity contribution is 5.91. The first kappa shape index (κ1) is 31.4. The molecule has 4 N–H and O–H groups in total. The van der Waals surface area contributed by atoms with E-state index in [-0.39, 0.29) is 17.7 Å². The second-order valence-corrected chi connectivity index (χ2v) is 12.6. The number of carbonyl (C=O) groups is 4. The Balaban J connectivity index is 1.47. The number of carbonyl (C=O) groups excluding carboxylic acids is 4. The number of aromatic nitrogens is 1. The molecule has 3 aliphatic heterocycles. The van der Waals surface area contributed by atoms with Gasteiger partial charge in [-0.1, -0.05) is 24.3 Å². The number of cyclic esters (lactones) is 1. The number of fused-ring (bicyclic) bond motifs is 4. The summed E-state index contributed by atoms with van der Waals surface area (Å²) < 4.78 is 5.91. The van der Waals surface area contributed by atoms with Crippen molar-refractivity contribution in [3.8, 4) is 0 Å². The number of benzene rings is 1. The van der Waals surface area contributed by atoms with Gasteiger partial charge in [0.25, 0.3) is 17.7 Å². The third-order valence-electron chi connectivity index (χ3n) is 8.53. The van der Waals surface area contributed by atoms with Crippen LogP contribution in [0.15, 0.2) is 36.4 Å². The normalized spacial score (nSPS) is 27.8. The highest BCUT2D eigenvalue weighted by atomic mass is 16.5. The molecule has 0 saturated carbocycles. The van der Waals surface area contributed by atoms with Gasteiger partial charge in [-0.05, 0) is 95.6 Å². The molecule has 1 aromatic heterocycles. The van der Waals surface area contributed by atoms with Crippen molar-refractivity contribution in [2.75, 3.05) is 31.7 Å². The van der Waals surface area contributed by atoms with Crippen molar-refractivity contribution in [3.63, 3.8) is 0 Å². The Kier molecular flexibility index (Phi) is 9.50. The molecule has 2 aromatic rings. The van der Waals surface area contributed by atoms with Crippen molar-refractivity contribution in [1.82, 2.24) is 31.5 Å². The molecule has 44 heavy (non-hydrogen) atoms. The van der Waals surface area contributed by atoms with E-state index < -0.39 is 35.5 Å². The second-order valence-electron chi connectivity index (χ2n) is 12.6. The summed E-state index contributed by atoms with van der Waals surface area (Å²) in [6.45, 7) is 7.13. The third kappa shape index (κ3) is 7.36. The molecular formula is C32H43N7O5. The van der Waals surface area contributed by atoms with Crippen LogP contribution in [0.1, 0.15) is 58.4 Å². The van der Waals surface area contributed by atoms with Gasteiger partial charge < -0.3 is 15.4 Å². The van der Waals surface area contributed by atoms with Gasteiger partial charge in [0.1, 0.15) is 17.9 Å². The summed E-state index contributed by atoms with van der Waals surface area (Å²) in [7, 11) is 1.71. The number of hydrogen-bond acceptors (Lipinski definition) is 9. The molecule has 3 amide bonds. The minimum atomic E-state index is -1.06. The summed E-state index contributed by atoms with van der Waals surface area (Å²) in [5.41, 5.74) is 6.41. The van der Waals surface area contributed by atoms with Crippen LogP contribution in [0, 0.1) is 11.3 Å². The number of hydrogen-bond donors (Lipinski definition) is 4. The molecule has 2 saturated heterocycles. The van der Waals surface area contributed by atoms with Gasteiger partial charge in [-0.2, -0.15) is 0 Å². The highest BCUT2D eigenvalue weighted by Crippen LogP contribution is 2.26. The number of amides is 3. The minimum absolute atomic E-state index is 0.155. The van der Waals surface area contributed by atoms with Crippen LogP contribution in [0.4, 0.5) is 5.82 Å². The molecule has 4 atom stereocenters. The summed E-state index contributed by atoms with van der Waals surface area (Å²) >= 11 is 0. The van der Waals surface area contributed by atoms with Crippen LogP contribution >= 0.6 is 0 Å². The predicted octanol–water partition coefficient (Wildman–Crippen LogP) is 2.06. The van der Waals surface area contributed by atoms with Gasteiger partial charge in [-0.25, -0.2) is 10.4 Å². The van der Waals surface area contributed by atoms with Crippen LogP contribution < -0.4 is 26.5 Å². The molecule has 12 heteroatoms. The van der Waals surface area contributed by atoms with Crippen molar-refractivity contribution in [3.05, 3.63) is 42.0 Å². The van der Waals surface area contributed by atoms with Gasteiger partial charge in [0.05, 0.1) is 10.9 Å². The molecule has 2 fully saturated rings. The number of nitrogens with one attached hydrogen (secondary N) is 4. The minimum Gasteiger partial charge on any atom is -0.452 e. The summed E-state index contributed by atoms with van der Waals surface area (Å²) in [4.78, 5) is 58.4. The van der Waals surface area contributed by atoms with E-state index in [4.69, 9.17) is 9.72 Å². The molecule has 5 rings (SSSR count). The Labute approximate surface area is 257 Å². The third-order valence-corrected chi connectivity index (χ3v) is 8.53. The van der Waals surface area contributed by atoms with E-state index >= 15 is 0 Å².